The van der Waals surface area contributed by atoms with E-state index in [4.69, 9.17) is 0 Å². The highest BCUT2D eigenvalue weighted by atomic mass is 16.4. The third-order valence-electron chi connectivity index (χ3n) is 4.31. The summed E-state index contributed by atoms with van der Waals surface area (Å²) in [7, 11) is 0. The summed E-state index contributed by atoms with van der Waals surface area (Å²) in [5.41, 5.74) is 1.83. The van der Waals surface area contributed by atoms with Crippen molar-refractivity contribution in [1.29, 1.82) is 0 Å². The van der Waals surface area contributed by atoms with E-state index in [1.165, 1.54) is 5.56 Å². The Balaban J connectivity index is 2.20. The van der Waals surface area contributed by atoms with Gasteiger partial charge in [0.2, 0.25) is 0 Å². The first-order valence-electron chi connectivity index (χ1n) is 7.27. The average Bonchev–Trinajstić information content (AvgIpc) is 2.80. The number of rotatable bonds is 4. The minimum Gasteiger partial charge on any atom is -0.481 e. The van der Waals surface area contributed by atoms with E-state index in [0.29, 0.717) is 30.2 Å². The first kappa shape index (κ1) is 14.8. The van der Waals surface area contributed by atoms with E-state index in [-0.39, 0.29) is 11.7 Å². The van der Waals surface area contributed by atoms with Crippen LogP contribution in [0.4, 0.5) is 0 Å². The van der Waals surface area contributed by atoms with Gasteiger partial charge in [-0.2, -0.15) is 0 Å². The number of carboxylic acid groups (broad SMARTS) is 1. The minimum absolute atomic E-state index is 0.0166. The van der Waals surface area contributed by atoms with Gasteiger partial charge in [0.05, 0.1) is 5.92 Å². The van der Waals surface area contributed by atoms with Crippen molar-refractivity contribution in [3.8, 4) is 0 Å². The Morgan fingerprint density at radius 2 is 1.65 bits per heavy atom. The monoisotopic (exact) mass is 274 g/mol. The molecule has 3 atom stereocenters. The normalized spacial score (nSPS) is 25.9. The van der Waals surface area contributed by atoms with Crippen molar-refractivity contribution in [2.24, 2.45) is 17.8 Å². The summed E-state index contributed by atoms with van der Waals surface area (Å²) in [6, 6.07) is 7.59. The number of carbonyl (C=O) groups excluding carboxylic acids is 1. The maximum absolute atomic E-state index is 12.5. The van der Waals surface area contributed by atoms with Gasteiger partial charge in [-0.1, -0.05) is 45.0 Å². The molecule has 0 amide bonds. The molecule has 0 aliphatic heterocycles. The number of ketones is 1. The fraction of sp³-hybridized carbons (Fsp3) is 0.529. The van der Waals surface area contributed by atoms with Gasteiger partial charge in [0.1, 0.15) is 0 Å². The predicted octanol–water partition coefficient (Wildman–Crippen LogP) is 3.74. The second-order valence-electron chi connectivity index (χ2n) is 6.27. The molecule has 1 aromatic carbocycles. The Morgan fingerprint density at radius 1 is 1.10 bits per heavy atom. The van der Waals surface area contributed by atoms with E-state index in [9.17, 15) is 14.7 Å². The molecule has 1 N–H and O–H groups in total. The van der Waals surface area contributed by atoms with Gasteiger partial charge in [-0.05, 0) is 30.2 Å². The Labute approximate surface area is 120 Å². The number of hydrogen-bond donors (Lipinski definition) is 1. The lowest BCUT2D eigenvalue weighted by molar-refractivity contribution is -0.142. The highest BCUT2D eigenvalue weighted by Crippen LogP contribution is 2.38. The first-order valence-corrected chi connectivity index (χ1v) is 7.27. The van der Waals surface area contributed by atoms with Crippen molar-refractivity contribution in [2.45, 2.75) is 39.5 Å². The Kier molecular flexibility index (Phi) is 4.26. The van der Waals surface area contributed by atoms with Crippen molar-refractivity contribution in [2.75, 3.05) is 0 Å². The molecule has 0 aromatic heterocycles. The van der Waals surface area contributed by atoms with E-state index in [2.05, 4.69) is 13.8 Å². The smallest absolute Gasteiger partial charge is 0.307 e. The number of Topliss-reactive ketones (excluding diaryl/α,β-unsaturated/α-hetero) is 1. The van der Waals surface area contributed by atoms with Crippen LogP contribution in [0.15, 0.2) is 24.3 Å². The zero-order chi connectivity index (χ0) is 14.9. The largest absolute Gasteiger partial charge is 0.481 e. The molecule has 1 aliphatic rings. The molecule has 1 aliphatic carbocycles. The molecule has 20 heavy (non-hydrogen) atoms. The molecule has 0 radical (unpaired) electrons. The molecule has 3 unspecified atom stereocenters. The molecule has 0 heterocycles. The van der Waals surface area contributed by atoms with Crippen molar-refractivity contribution in [1.82, 2.24) is 0 Å². The molecule has 1 aromatic rings. The molecular weight excluding hydrogens is 252 g/mol. The quantitative estimate of drug-likeness (QED) is 0.851. The van der Waals surface area contributed by atoms with Crippen molar-refractivity contribution in [3.05, 3.63) is 35.4 Å². The van der Waals surface area contributed by atoms with Crippen LogP contribution in [0, 0.1) is 17.8 Å². The highest BCUT2D eigenvalue weighted by Gasteiger charge is 2.41. The fourth-order valence-electron chi connectivity index (χ4n) is 3.10. The number of aliphatic carboxylic acids is 1. The highest BCUT2D eigenvalue weighted by molar-refractivity contribution is 6.00. The molecule has 0 spiro atoms. The zero-order valence-electron chi connectivity index (χ0n) is 12.3. The van der Waals surface area contributed by atoms with Gasteiger partial charge in [-0.3, -0.25) is 9.59 Å². The van der Waals surface area contributed by atoms with Crippen LogP contribution in [0.25, 0.3) is 0 Å². The third-order valence-corrected chi connectivity index (χ3v) is 4.31. The summed E-state index contributed by atoms with van der Waals surface area (Å²) in [6.07, 6.45) is 1.29. The minimum atomic E-state index is -0.841. The summed E-state index contributed by atoms with van der Waals surface area (Å²) in [4.78, 5) is 23.8. The van der Waals surface area contributed by atoms with Gasteiger partial charge in [-0.25, -0.2) is 0 Å². The Hall–Kier alpha value is -1.64. The van der Waals surface area contributed by atoms with Crippen molar-refractivity contribution in [3.63, 3.8) is 0 Å². The second-order valence-corrected chi connectivity index (χ2v) is 6.27. The molecule has 0 bridgehead atoms. The molecule has 1 saturated carbocycles. The van der Waals surface area contributed by atoms with Gasteiger partial charge >= 0.3 is 5.97 Å². The number of hydrogen-bond acceptors (Lipinski definition) is 2. The molecule has 3 nitrogen and oxygen atoms in total. The van der Waals surface area contributed by atoms with Crippen LogP contribution < -0.4 is 0 Å². The molecular formula is C17H22O3. The van der Waals surface area contributed by atoms with Gasteiger partial charge in [0, 0.05) is 11.5 Å². The Bertz CT molecular complexity index is 501. The third kappa shape index (κ3) is 2.92. The van der Waals surface area contributed by atoms with Crippen LogP contribution in [0.2, 0.25) is 0 Å². The molecule has 2 rings (SSSR count). The van der Waals surface area contributed by atoms with E-state index in [0.717, 1.165) is 0 Å². The van der Waals surface area contributed by atoms with Crippen molar-refractivity contribution >= 4 is 11.8 Å². The topological polar surface area (TPSA) is 54.4 Å². The van der Waals surface area contributed by atoms with Crippen LogP contribution >= 0.6 is 0 Å². The summed E-state index contributed by atoms with van der Waals surface area (Å²) < 4.78 is 0. The molecule has 1 fully saturated rings. The molecule has 108 valence electrons. The second kappa shape index (κ2) is 5.78. The number of carbonyl (C=O) groups is 2. The van der Waals surface area contributed by atoms with Crippen LogP contribution in [0.1, 0.15) is 55.5 Å². The summed E-state index contributed by atoms with van der Waals surface area (Å²) >= 11 is 0. The van der Waals surface area contributed by atoms with Crippen LogP contribution in [-0.2, 0) is 4.79 Å². The SMILES string of the molecule is CC1CC(C(=O)O)C(C(=O)c2ccc(C(C)C)cc2)C1. The van der Waals surface area contributed by atoms with Gasteiger partial charge in [0.15, 0.2) is 5.78 Å². The molecule has 3 heteroatoms. The van der Waals surface area contributed by atoms with Gasteiger partial charge < -0.3 is 5.11 Å². The number of benzene rings is 1. The first-order chi connectivity index (χ1) is 9.40. The standard InChI is InChI=1S/C17H22O3/c1-10(2)12-4-6-13(7-5-12)16(18)14-8-11(3)9-15(14)17(19)20/h4-7,10-11,14-15H,8-9H2,1-3H3,(H,19,20). The van der Waals surface area contributed by atoms with Crippen LogP contribution in [-0.4, -0.2) is 16.9 Å². The zero-order valence-corrected chi connectivity index (χ0v) is 12.3. The molecule has 0 saturated heterocycles. The number of carboxylic acids is 1. The maximum atomic E-state index is 12.5. The summed E-state index contributed by atoms with van der Waals surface area (Å²) in [5.74, 6) is -1.02. The lowest BCUT2D eigenvalue weighted by atomic mass is 9.87. The van der Waals surface area contributed by atoms with E-state index < -0.39 is 11.9 Å². The fourth-order valence-corrected chi connectivity index (χ4v) is 3.10. The lowest BCUT2D eigenvalue weighted by Gasteiger charge is -2.15. The van der Waals surface area contributed by atoms with E-state index in [1.54, 1.807) is 0 Å². The van der Waals surface area contributed by atoms with Gasteiger partial charge in [0.25, 0.3) is 0 Å². The van der Waals surface area contributed by atoms with E-state index >= 15 is 0 Å². The maximum Gasteiger partial charge on any atom is 0.307 e. The van der Waals surface area contributed by atoms with Crippen LogP contribution in [0.3, 0.4) is 0 Å². The summed E-state index contributed by atoms with van der Waals surface area (Å²) in [6.45, 7) is 6.23. The summed E-state index contributed by atoms with van der Waals surface area (Å²) in [5, 5.41) is 9.26. The lowest BCUT2D eigenvalue weighted by Crippen LogP contribution is -2.25. The predicted molar refractivity (Wildman–Crippen MR) is 77.9 cm³/mol. The van der Waals surface area contributed by atoms with E-state index in [1.807, 2.05) is 31.2 Å². The van der Waals surface area contributed by atoms with Crippen LogP contribution in [0.5, 0.6) is 0 Å². The Morgan fingerprint density at radius 3 is 2.15 bits per heavy atom. The average molecular weight is 274 g/mol. The van der Waals surface area contributed by atoms with Gasteiger partial charge in [-0.15, -0.1) is 0 Å². The van der Waals surface area contributed by atoms with Crippen molar-refractivity contribution < 1.29 is 14.7 Å².